The lowest BCUT2D eigenvalue weighted by atomic mass is 10.0. The Morgan fingerprint density at radius 3 is 2.54 bits per heavy atom. The van der Waals surface area contributed by atoms with Crippen LogP contribution in [0.3, 0.4) is 0 Å². The molecule has 0 saturated heterocycles. The van der Waals surface area contributed by atoms with Crippen LogP contribution >= 0.6 is 0 Å². The number of hydrogen-bond donors (Lipinski definition) is 2. The normalized spacial score (nSPS) is 14.1. The van der Waals surface area contributed by atoms with E-state index in [9.17, 15) is 18.3 Å². The van der Waals surface area contributed by atoms with E-state index in [0.717, 1.165) is 0 Å². The topological polar surface area (TPSA) is 96.6 Å². The Labute approximate surface area is 141 Å². The van der Waals surface area contributed by atoms with Crippen molar-refractivity contribution in [1.82, 2.24) is 5.32 Å². The molecule has 1 heterocycles. The first kappa shape index (κ1) is 18.2. The van der Waals surface area contributed by atoms with E-state index >= 15 is 0 Å². The molecule has 2 N–H and O–H groups in total. The summed E-state index contributed by atoms with van der Waals surface area (Å²) in [6.45, 7) is 1.59. The molecule has 0 bridgehead atoms. The molecule has 1 aromatic heterocycles. The fraction of sp³-hybridized carbons (Fsp3) is 0.353. The Hall–Kier alpha value is -2.12. The molecule has 2 rings (SSSR count). The first-order chi connectivity index (χ1) is 11.3. The number of rotatable bonds is 8. The number of amides is 1. The molecule has 0 aliphatic carbocycles. The number of furan rings is 1. The molecule has 2 aromatic rings. The Morgan fingerprint density at radius 2 is 1.92 bits per heavy atom. The Morgan fingerprint density at radius 1 is 1.21 bits per heavy atom. The lowest BCUT2D eigenvalue weighted by Gasteiger charge is -2.22. The SMILES string of the molecule is CC(O)(CNC(=O)CCS(=O)(=O)c1ccccc1)Cc1ccco1. The average molecular weight is 351 g/mol. The summed E-state index contributed by atoms with van der Waals surface area (Å²) in [5, 5.41) is 12.8. The molecule has 0 radical (unpaired) electrons. The molecule has 6 nitrogen and oxygen atoms in total. The van der Waals surface area contributed by atoms with Gasteiger partial charge in [-0.3, -0.25) is 4.79 Å². The summed E-state index contributed by atoms with van der Waals surface area (Å²) in [4.78, 5) is 12.1. The third-order valence-corrected chi connectivity index (χ3v) is 5.23. The molecular weight excluding hydrogens is 330 g/mol. The van der Waals surface area contributed by atoms with Crippen LogP contribution in [0.5, 0.6) is 0 Å². The Kier molecular flexibility index (Phi) is 5.80. The molecule has 0 spiro atoms. The van der Waals surface area contributed by atoms with Crippen molar-refractivity contribution in [3.05, 3.63) is 54.5 Å². The van der Waals surface area contributed by atoms with Gasteiger partial charge in [-0.25, -0.2) is 8.42 Å². The lowest BCUT2D eigenvalue weighted by Crippen LogP contribution is -2.42. The number of hydrogen-bond acceptors (Lipinski definition) is 5. The first-order valence-electron chi connectivity index (χ1n) is 7.58. The van der Waals surface area contributed by atoms with Crippen LogP contribution in [0, 0.1) is 0 Å². The van der Waals surface area contributed by atoms with Gasteiger partial charge in [0, 0.05) is 19.4 Å². The second kappa shape index (κ2) is 7.63. The van der Waals surface area contributed by atoms with E-state index in [4.69, 9.17) is 4.42 Å². The van der Waals surface area contributed by atoms with Crippen molar-refractivity contribution in [2.24, 2.45) is 0 Å². The standard InChI is InChI=1S/C17H21NO5S/c1-17(20,12-14-6-5-10-23-14)13-18-16(19)9-11-24(21,22)15-7-3-2-4-8-15/h2-8,10,20H,9,11-13H2,1H3,(H,18,19). The first-order valence-corrected chi connectivity index (χ1v) is 9.23. The van der Waals surface area contributed by atoms with E-state index in [1.807, 2.05) is 0 Å². The van der Waals surface area contributed by atoms with E-state index in [1.54, 1.807) is 37.3 Å². The number of sulfone groups is 1. The van der Waals surface area contributed by atoms with Gasteiger partial charge in [0.15, 0.2) is 9.84 Å². The zero-order valence-electron chi connectivity index (χ0n) is 13.4. The van der Waals surface area contributed by atoms with Gasteiger partial charge in [-0.2, -0.15) is 0 Å². The van der Waals surface area contributed by atoms with E-state index < -0.39 is 21.3 Å². The summed E-state index contributed by atoms with van der Waals surface area (Å²) in [5.74, 6) is -0.0847. The van der Waals surface area contributed by atoms with Gasteiger partial charge < -0.3 is 14.8 Å². The van der Waals surface area contributed by atoms with E-state index in [1.165, 1.54) is 18.4 Å². The van der Waals surface area contributed by atoms with E-state index in [-0.39, 0.29) is 30.0 Å². The van der Waals surface area contributed by atoms with Crippen molar-refractivity contribution in [3.63, 3.8) is 0 Å². The minimum atomic E-state index is -3.49. The molecule has 0 aliphatic heterocycles. The molecule has 1 amide bonds. The van der Waals surface area contributed by atoms with Crippen LogP contribution < -0.4 is 5.32 Å². The van der Waals surface area contributed by atoms with Crippen molar-refractivity contribution in [3.8, 4) is 0 Å². The van der Waals surface area contributed by atoms with Crippen LogP contribution in [0.1, 0.15) is 19.1 Å². The summed E-state index contributed by atoms with van der Waals surface area (Å²) >= 11 is 0. The fourth-order valence-corrected chi connectivity index (χ4v) is 3.46. The molecule has 1 aromatic carbocycles. The van der Waals surface area contributed by atoms with E-state index in [0.29, 0.717) is 5.76 Å². The van der Waals surface area contributed by atoms with Crippen molar-refractivity contribution in [2.45, 2.75) is 30.3 Å². The summed E-state index contributed by atoms with van der Waals surface area (Å²) in [5.41, 5.74) is -1.17. The molecule has 24 heavy (non-hydrogen) atoms. The van der Waals surface area contributed by atoms with Gasteiger partial charge in [-0.1, -0.05) is 18.2 Å². The van der Waals surface area contributed by atoms with Crippen LogP contribution in [-0.2, 0) is 21.1 Å². The molecule has 130 valence electrons. The maximum absolute atomic E-state index is 12.1. The van der Waals surface area contributed by atoms with Crippen molar-refractivity contribution >= 4 is 15.7 Å². The molecule has 1 unspecified atom stereocenters. The molecule has 0 aliphatic rings. The highest BCUT2D eigenvalue weighted by molar-refractivity contribution is 7.91. The second-order valence-corrected chi connectivity index (χ2v) is 8.02. The number of aliphatic hydroxyl groups is 1. The molecule has 0 saturated carbocycles. The zero-order valence-corrected chi connectivity index (χ0v) is 14.3. The Bertz CT molecular complexity index is 752. The summed E-state index contributed by atoms with van der Waals surface area (Å²) in [7, 11) is -3.49. The highest BCUT2D eigenvalue weighted by Crippen LogP contribution is 2.13. The van der Waals surface area contributed by atoms with Crippen molar-refractivity contribution in [1.29, 1.82) is 0 Å². The summed E-state index contributed by atoms with van der Waals surface area (Å²) in [6, 6.07) is 11.5. The largest absolute Gasteiger partial charge is 0.469 e. The third-order valence-electron chi connectivity index (χ3n) is 3.50. The fourth-order valence-electron chi connectivity index (χ4n) is 2.20. The molecule has 1 atom stereocenters. The predicted molar refractivity (Wildman–Crippen MR) is 89.2 cm³/mol. The van der Waals surface area contributed by atoms with Crippen LogP contribution in [0.15, 0.2) is 58.0 Å². The zero-order chi connectivity index (χ0) is 17.6. The van der Waals surface area contributed by atoms with Crippen LogP contribution in [0.25, 0.3) is 0 Å². The highest BCUT2D eigenvalue weighted by Gasteiger charge is 2.24. The molecule has 0 fully saturated rings. The number of carbonyl (C=O) groups is 1. The quantitative estimate of drug-likeness (QED) is 0.752. The Balaban J connectivity index is 1.81. The smallest absolute Gasteiger partial charge is 0.221 e. The highest BCUT2D eigenvalue weighted by atomic mass is 32.2. The van der Waals surface area contributed by atoms with Gasteiger partial charge in [0.1, 0.15) is 5.76 Å². The van der Waals surface area contributed by atoms with Crippen LogP contribution in [-0.4, -0.2) is 37.3 Å². The average Bonchev–Trinajstić information content (AvgIpc) is 3.04. The minimum absolute atomic E-state index is 0.0118. The van der Waals surface area contributed by atoms with Gasteiger partial charge in [0.05, 0.1) is 22.5 Å². The van der Waals surface area contributed by atoms with E-state index in [2.05, 4.69) is 5.32 Å². The maximum atomic E-state index is 12.1. The maximum Gasteiger partial charge on any atom is 0.221 e. The molecular formula is C17H21NO5S. The van der Waals surface area contributed by atoms with Gasteiger partial charge in [-0.15, -0.1) is 0 Å². The monoisotopic (exact) mass is 351 g/mol. The summed E-state index contributed by atoms with van der Waals surface area (Å²) < 4.78 is 29.4. The number of carbonyl (C=O) groups excluding carboxylic acids is 1. The van der Waals surface area contributed by atoms with Crippen LogP contribution in [0.4, 0.5) is 0 Å². The van der Waals surface area contributed by atoms with Gasteiger partial charge in [0.2, 0.25) is 5.91 Å². The van der Waals surface area contributed by atoms with Gasteiger partial charge in [0.25, 0.3) is 0 Å². The third kappa shape index (κ3) is 5.50. The minimum Gasteiger partial charge on any atom is -0.469 e. The molecule has 7 heteroatoms. The number of benzene rings is 1. The second-order valence-electron chi connectivity index (χ2n) is 5.91. The lowest BCUT2D eigenvalue weighted by molar-refractivity contribution is -0.121. The predicted octanol–water partition coefficient (Wildman–Crippen LogP) is 1.55. The van der Waals surface area contributed by atoms with Crippen molar-refractivity contribution in [2.75, 3.05) is 12.3 Å². The van der Waals surface area contributed by atoms with Crippen LogP contribution in [0.2, 0.25) is 0 Å². The van der Waals surface area contributed by atoms with Crippen molar-refractivity contribution < 1.29 is 22.7 Å². The summed E-state index contributed by atoms with van der Waals surface area (Å²) in [6.07, 6.45) is 1.61. The number of nitrogens with one attached hydrogen (secondary N) is 1. The van der Waals surface area contributed by atoms with Gasteiger partial charge >= 0.3 is 0 Å². The van der Waals surface area contributed by atoms with Gasteiger partial charge in [-0.05, 0) is 31.2 Å².